The Labute approximate surface area is 135 Å². The van der Waals surface area contributed by atoms with Crippen LogP contribution in [0.5, 0.6) is 0 Å². The Hall–Kier alpha value is -1.86. The molecule has 2 heterocycles. The van der Waals surface area contributed by atoms with Crippen LogP contribution in [0.2, 0.25) is 0 Å². The average molecular weight is 316 g/mol. The molecule has 1 saturated heterocycles. The molecule has 7 heteroatoms. The SMILES string of the molecule is CCOC(=O)c1n[nH]c2ccc(B3OC(C)(C)C(C)(C)O3)cc12. The second-order valence-corrected chi connectivity index (χ2v) is 6.69. The maximum atomic E-state index is 12.0. The topological polar surface area (TPSA) is 73.4 Å². The third kappa shape index (κ3) is 2.64. The zero-order valence-electron chi connectivity index (χ0n) is 14.1. The van der Waals surface area contributed by atoms with E-state index in [-0.39, 0.29) is 5.69 Å². The molecule has 6 nitrogen and oxygen atoms in total. The molecule has 1 aromatic heterocycles. The van der Waals surface area contributed by atoms with E-state index in [0.29, 0.717) is 12.0 Å². The van der Waals surface area contributed by atoms with Gasteiger partial charge in [0.15, 0.2) is 5.69 Å². The van der Waals surface area contributed by atoms with Gasteiger partial charge in [-0.25, -0.2) is 4.79 Å². The largest absolute Gasteiger partial charge is 0.494 e. The Balaban J connectivity index is 1.97. The molecular weight excluding hydrogens is 295 g/mol. The fourth-order valence-corrected chi connectivity index (χ4v) is 2.51. The van der Waals surface area contributed by atoms with E-state index in [9.17, 15) is 4.79 Å². The summed E-state index contributed by atoms with van der Waals surface area (Å²) in [5.41, 5.74) is 1.08. The lowest BCUT2D eigenvalue weighted by Gasteiger charge is -2.32. The van der Waals surface area contributed by atoms with Crippen LogP contribution in [0, 0.1) is 0 Å². The second kappa shape index (κ2) is 5.35. The standard InChI is InChI=1S/C16H21BN2O4/c1-6-21-14(20)13-11-9-10(7-8-12(11)18-19-13)17-22-15(2,3)16(4,5)23-17/h7-9H,6H2,1-5H3,(H,18,19). The summed E-state index contributed by atoms with van der Waals surface area (Å²) in [5.74, 6) is -0.440. The van der Waals surface area contributed by atoms with Crippen molar-refractivity contribution in [3.8, 4) is 0 Å². The Morgan fingerprint density at radius 3 is 2.52 bits per heavy atom. The summed E-state index contributed by atoms with van der Waals surface area (Å²) < 4.78 is 17.2. The summed E-state index contributed by atoms with van der Waals surface area (Å²) >= 11 is 0. The third-order valence-electron chi connectivity index (χ3n) is 4.58. The summed E-state index contributed by atoms with van der Waals surface area (Å²) in [6.45, 7) is 10.1. The van der Waals surface area contributed by atoms with Crippen LogP contribution in [0.25, 0.3) is 10.9 Å². The number of rotatable bonds is 3. The molecule has 0 aliphatic carbocycles. The first-order valence-electron chi connectivity index (χ1n) is 7.76. The van der Waals surface area contributed by atoms with Gasteiger partial charge in [0.2, 0.25) is 0 Å². The lowest BCUT2D eigenvalue weighted by Crippen LogP contribution is -2.41. The van der Waals surface area contributed by atoms with Crippen molar-refractivity contribution < 1.29 is 18.8 Å². The third-order valence-corrected chi connectivity index (χ3v) is 4.58. The van der Waals surface area contributed by atoms with Crippen molar-refractivity contribution in [2.75, 3.05) is 6.61 Å². The average Bonchev–Trinajstić information content (AvgIpc) is 2.97. The van der Waals surface area contributed by atoms with Crippen LogP contribution in [0.1, 0.15) is 45.1 Å². The number of fused-ring (bicyclic) bond motifs is 1. The molecule has 1 fully saturated rings. The predicted molar refractivity (Wildman–Crippen MR) is 87.8 cm³/mol. The van der Waals surface area contributed by atoms with E-state index in [0.717, 1.165) is 11.0 Å². The van der Waals surface area contributed by atoms with E-state index in [1.54, 1.807) is 6.92 Å². The van der Waals surface area contributed by atoms with Gasteiger partial charge < -0.3 is 14.0 Å². The fourth-order valence-electron chi connectivity index (χ4n) is 2.51. The molecule has 1 aliphatic heterocycles. The number of carbonyl (C=O) groups is 1. The van der Waals surface area contributed by atoms with Crippen LogP contribution in [0.4, 0.5) is 0 Å². The number of H-pyrrole nitrogens is 1. The van der Waals surface area contributed by atoms with Crippen molar-refractivity contribution in [1.82, 2.24) is 10.2 Å². The summed E-state index contributed by atoms with van der Waals surface area (Å²) in [5, 5.41) is 7.61. The first kappa shape index (κ1) is 16.0. The molecular formula is C16H21BN2O4. The second-order valence-electron chi connectivity index (χ2n) is 6.69. The molecule has 0 unspecified atom stereocenters. The molecule has 122 valence electrons. The van der Waals surface area contributed by atoms with E-state index in [4.69, 9.17) is 14.0 Å². The van der Waals surface area contributed by atoms with E-state index in [1.165, 1.54) is 0 Å². The summed E-state index contributed by atoms with van der Waals surface area (Å²) in [6, 6.07) is 5.65. The van der Waals surface area contributed by atoms with Crippen molar-refractivity contribution in [2.24, 2.45) is 0 Å². The molecule has 23 heavy (non-hydrogen) atoms. The first-order valence-corrected chi connectivity index (χ1v) is 7.76. The van der Waals surface area contributed by atoms with E-state index in [1.807, 2.05) is 45.9 Å². The number of aromatic nitrogens is 2. The molecule has 1 N–H and O–H groups in total. The van der Waals surface area contributed by atoms with Gasteiger partial charge in [0.25, 0.3) is 0 Å². The Morgan fingerprint density at radius 1 is 1.26 bits per heavy atom. The predicted octanol–water partition coefficient (Wildman–Crippen LogP) is 2.04. The van der Waals surface area contributed by atoms with Gasteiger partial charge in [-0.3, -0.25) is 5.10 Å². The highest BCUT2D eigenvalue weighted by Gasteiger charge is 2.51. The van der Waals surface area contributed by atoms with Gasteiger partial charge in [-0.1, -0.05) is 12.1 Å². The first-order chi connectivity index (χ1) is 10.7. The lowest BCUT2D eigenvalue weighted by molar-refractivity contribution is 0.00578. The zero-order valence-corrected chi connectivity index (χ0v) is 14.1. The molecule has 2 aromatic rings. The van der Waals surface area contributed by atoms with Gasteiger partial charge in [0.05, 0.1) is 23.3 Å². The van der Waals surface area contributed by atoms with Crippen LogP contribution in [-0.4, -0.2) is 41.1 Å². The molecule has 0 bridgehead atoms. The highest BCUT2D eigenvalue weighted by Crippen LogP contribution is 2.36. The minimum atomic E-state index is -0.477. The number of esters is 1. The number of carbonyl (C=O) groups excluding carboxylic acids is 1. The minimum absolute atomic E-state index is 0.278. The van der Waals surface area contributed by atoms with Gasteiger partial charge in [0, 0.05) is 5.39 Å². The maximum absolute atomic E-state index is 12.0. The lowest BCUT2D eigenvalue weighted by atomic mass is 9.78. The van der Waals surface area contributed by atoms with E-state index >= 15 is 0 Å². The normalized spacial score (nSPS) is 19.3. The number of nitrogens with zero attached hydrogens (tertiary/aromatic N) is 1. The van der Waals surface area contributed by atoms with Gasteiger partial charge in [-0.15, -0.1) is 0 Å². The smallest absolute Gasteiger partial charge is 0.461 e. The number of ether oxygens (including phenoxy) is 1. The number of hydrogen-bond donors (Lipinski definition) is 1. The number of aromatic amines is 1. The highest BCUT2D eigenvalue weighted by molar-refractivity contribution is 6.62. The maximum Gasteiger partial charge on any atom is 0.494 e. The fraction of sp³-hybridized carbons (Fsp3) is 0.500. The highest BCUT2D eigenvalue weighted by atomic mass is 16.7. The molecule has 1 aliphatic rings. The van der Waals surface area contributed by atoms with Crippen LogP contribution in [-0.2, 0) is 14.0 Å². The summed E-state index contributed by atoms with van der Waals surface area (Å²) in [6.07, 6.45) is 0. The number of nitrogens with one attached hydrogen (secondary N) is 1. The van der Waals surface area contributed by atoms with Gasteiger partial charge in [-0.2, -0.15) is 5.10 Å². The quantitative estimate of drug-likeness (QED) is 0.693. The zero-order chi connectivity index (χ0) is 16.8. The number of benzene rings is 1. The Kier molecular flexibility index (Phi) is 3.73. The molecule has 3 rings (SSSR count). The molecule has 0 radical (unpaired) electrons. The van der Waals surface area contributed by atoms with Gasteiger partial charge in [-0.05, 0) is 46.1 Å². The van der Waals surface area contributed by atoms with Crippen LogP contribution in [0.3, 0.4) is 0 Å². The van der Waals surface area contributed by atoms with Crippen molar-refractivity contribution in [3.05, 3.63) is 23.9 Å². The van der Waals surface area contributed by atoms with E-state index in [2.05, 4.69) is 10.2 Å². The van der Waals surface area contributed by atoms with Crippen molar-refractivity contribution in [3.63, 3.8) is 0 Å². The molecule has 1 aromatic carbocycles. The van der Waals surface area contributed by atoms with Crippen LogP contribution < -0.4 is 5.46 Å². The van der Waals surface area contributed by atoms with Crippen LogP contribution >= 0.6 is 0 Å². The van der Waals surface area contributed by atoms with Crippen molar-refractivity contribution in [2.45, 2.75) is 45.8 Å². The molecule has 0 spiro atoms. The molecule has 0 amide bonds. The van der Waals surface area contributed by atoms with Gasteiger partial charge in [0.1, 0.15) is 0 Å². The molecule has 0 atom stereocenters. The van der Waals surface area contributed by atoms with Crippen LogP contribution in [0.15, 0.2) is 18.2 Å². The monoisotopic (exact) mass is 316 g/mol. The van der Waals surface area contributed by atoms with E-state index < -0.39 is 24.3 Å². The summed E-state index contributed by atoms with van der Waals surface area (Å²) in [4.78, 5) is 12.0. The summed E-state index contributed by atoms with van der Waals surface area (Å²) in [7, 11) is -0.477. The van der Waals surface area contributed by atoms with Crippen molar-refractivity contribution in [1.29, 1.82) is 0 Å². The van der Waals surface area contributed by atoms with Crippen molar-refractivity contribution >= 4 is 29.5 Å². The Bertz CT molecular complexity index is 738. The molecule has 0 saturated carbocycles. The number of hydrogen-bond acceptors (Lipinski definition) is 5. The minimum Gasteiger partial charge on any atom is -0.461 e. The Morgan fingerprint density at radius 2 is 1.91 bits per heavy atom. The van der Waals surface area contributed by atoms with Gasteiger partial charge >= 0.3 is 13.1 Å².